The Kier molecular flexibility index (Phi) is 9.62. The minimum atomic E-state index is -2.84. The third-order valence-corrected chi connectivity index (χ3v) is 10.9. The van der Waals surface area contributed by atoms with E-state index in [2.05, 4.69) is 9.47 Å². The van der Waals surface area contributed by atoms with Crippen molar-refractivity contribution in [3.05, 3.63) is 0 Å². The number of carboxylic acid groups (broad SMARTS) is 8. The van der Waals surface area contributed by atoms with E-state index in [0.29, 0.717) is 27.7 Å². The van der Waals surface area contributed by atoms with Gasteiger partial charge < -0.3 is 50.3 Å². The van der Waals surface area contributed by atoms with E-state index < -0.39 is 147 Å². The first kappa shape index (κ1) is 39.5. The van der Waals surface area contributed by atoms with Crippen molar-refractivity contribution < 1.29 is 108 Å². The van der Waals surface area contributed by atoms with Crippen LogP contribution in [0.25, 0.3) is 0 Å². The van der Waals surface area contributed by atoms with Crippen molar-refractivity contribution >= 4 is 71.6 Å². The van der Waals surface area contributed by atoms with Crippen LogP contribution in [0.3, 0.4) is 0 Å². The van der Waals surface area contributed by atoms with E-state index in [1.54, 1.807) is 0 Å². The van der Waals surface area contributed by atoms with Crippen LogP contribution in [0.2, 0.25) is 0 Å². The Bertz CT molecular complexity index is 1660. The van der Waals surface area contributed by atoms with Gasteiger partial charge in [-0.15, -0.1) is 0 Å². The molecule has 3 aliphatic carbocycles. The van der Waals surface area contributed by atoms with Crippen molar-refractivity contribution in [1.29, 1.82) is 0 Å². The minimum Gasteiger partial charge on any atom is -0.481 e. The summed E-state index contributed by atoms with van der Waals surface area (Å²) in [5, 5.41) is 77.7. The smallest absolute Gasteiger partial charge is 0.321 e. The Balaban J connectivity index is 2.05. The Morgan fingerprint density at radius 2 is 0.725 bits per heavy atom. The van der Waals surface area contributed by atoms with Gasteiger partial charge in [0.25, 0.3) is 0 Å². The van der Waals surface area contributed by atoms with Gasteiger partial charge in [0.05, 0.1) is 69.0 Å². The van der Waals surface area contributed by atoms with Crippen LogP contribution >= 0.6 is 0 Å². The highest BCUT2D eigenvalue weighted by molar-refractivity contribution is 6.06. The van der Waals surface area contributed by atoms with Crippen LogP contribution in [0.5, 0.6) is 0 Å². The molecule has 22 nitrogen and oxygen atoms in total. The van der Waals surface area contributed by atoms with Crippen LogP contribution in [-0.2, 0) is 67.0 Å². The molecule has 0 radical (unpaired) electrons. The van der Waals surface area contributed by atoms with Gasteiger partial charge in [0.1, 0.15) is 0 Å². The van der Waals surface area contributed by atoms with Crippen LogP contribution in [0, 0.1) is 69.0 Å². The number of carbonyl (C=O) groups is 12. The van der Waals surface area contributed by atoms with Crippen molar-refractivity contribution in [3.63, 3.8) is 0 Å². The SMILES string of the molecule is CC1(C(=O)O)C(C(=O)O)C(C)(C(=O)OC(=O)C2CC(C(=O)O)C(C(=O)O)C2C(=O)OC(=O)C2(C)C(C(=O)O)C(C)(C(=O)O)C2C(=O)O)C1C(=O)O. The van der Waals surface area contributed by atoms with Crippen molar-refractivity contribution in [1.82, 2.24) is 0 Å². The minimum absolute atomic E-state index is 0.626. The van der Waals surface area contributed by atoms with Crippen LogP contribution < -0.4 is 0 Å². The van der Waals surface area contributed by atoms with E-state index in [0.717, 1.165) is 0 Å². The summed E-state index contributed by atoms with van der Waals surface area (Å²) in [7, 11) is 0. The molecule has 3 aliphatic rings. The molecular weight excluding hydrogens is 700 g/mol. The number of ether oxygens (including phenoxy) is 2. The fraction of sp³-hybridized carbons (Fsp3) is 0.586. The van der Waals surface area contributed by atoms with Gasteiger partial charge in [-0.05, 0) is 34.1 Å². The molecule has 51 heavy (non-hydrogen) atoms. The number of rotatable bonds is 12. The van der Waals surface area contributed by atoms with Gasteiger partial charge in [-0.2, -0.15) is 0 Å². The average Bonchev–Trinajstić information content (AvgIpc) is 3.37. The first-order valence-electron chi connectivity index (χ1n) is 14.5. The summed E-state index contributed by atoms with van der Waals surface area (Å²) in [5.74, 6) is -43.2. The predicted octanol–water partition coefficient (Wildman–Crippen LogP) is -1.81. The third kappa shape index (κ3) is 5.23. The maximum atomic E-state index is 13.5. The zero-order valence-corrected chi connectivity index (χ0v) is 26.6. The van der Waals surface area contributed by atoms with Gasteiger partial charge in [-0.1, -0.05) is 0 Å². The van der Waals surface area contributed by atoms with Gasteiger partial charge in [-0.3, -0.25) is 57.5 Å². The predicted molar refractivity (Wildman–Crippen MR) is 148 cm³/mol. The molecule has 3 fully saturated rings. The summed E-state index contributed by atoms with van der Waals surface area (Å²) < 4.78 is 9.32. The lowest BCUT2D eigenvalue weighted by molar-refractivity contribution is -0.233. The largest absolute Gasteiger partial charge is 0.481 e. The summed E-state index contributed by atoms with van der Waals surface area (Å²) in [6, 6.07) is 0. The van der Waals surface area contributed by atoms with Crippen LogP contribution in [0.4, 0.5) is 0 Å². The van der Waals surface area contributed by atoms with Crippen molar-refractivity contribution in [3.8, 4) is 0 Å². The lowest BCUT2D eigenvalue weighted by atomic mass is 9.39. The number of aliphatic carboxylic acids is 8. The van der Waals surface area contributed by atoms with Gasteiger partial charge in [0, 0.05) is 0 Å². The summed E-state index contributed by atoms with van der Waals surface area (Å²) in [6.07, 6.45) is -1.15. The van der Waals surface area contributed by atoms with Crippen LogP contribution in [0.1, 0.15) is 34.1 Å². The molecule has 0 aromatic heterocycles. The van der Waals surface area contributed by atoms with Gasteiger partial charge in [0.15, 0.2) is 0 Å². The highest BCUT2D eigenvalue weighted by Gasteiger charge is 2.81. The van der Waals surface area contributed by atoms with E-state index >= 15 is 0 Å². The molecule has 8 unspecified atom stereocenters. The van der Waals surface area contributed by atoms with Crippen molar-refractivity contribution in [2.75, 3.05) is 0 Å². The number of hydrogen-bond acceptors (Lipinski definition) is 14. The number of esters is 4. The quantitative estimate of drug-likeness (QED) is 0.0809. The maximum absolute atomic E-state index is 13.5. The number of carbonyl (C=O) groups excluding carboxylic acids is 4. The zero-order valence-electron chi connectivity index (χ0n) is 26.6. The van der Waals surface area contributed by atoms with Crippen LogP contribution in [-0.4, -0.2) is 112 Å². The molecule has 3 rings (SSSR count). The summed E-state index contributed by atoms with van der Waals surface area (Å²) in [5.41, 5.74) is -11.0. The molecule has 0 aliphatic heterocycles. The maximum Gasteiger partial charge on any atom is 0.321 e. The van der Waals surface area contributed by atoms with Gasteiger partial charge in [-0.25, -0.2) is 0 Å². The summed E-state index contributed by atoms with van der Waals surface area (Å²) >= 11 is 0. The van der Waals surface area contributed by atoms with E-state index in [4.69, 9.17) is 0 Å². The molecule has 3 saturated carbocycles. The van der Waals surface area contributed by atoms with Crippen molar-refractivity contribution in [2.45, 2.75) is 34.1 Å². The molecule has 22 heteroatoms. The molecule has 278 valence electrons. The van der Waals surface area contributed by atoms with E-state index in [-0.39, 0.29) is 0 Å². The average molecular weight is 731 g/mol. The standard InChI is InChI=1S/C29H30O22/c1-26(22(44)45)10(16(34)35)28(3,11(26)17(36)37)24(48)50-20(42)7-5-6(14(30)31)8(15(32)33)9(7)21(43)51-25(49)29(4)12(18(38)39)27(2,23(46)47)13(29)19(40)41/h6-13H,5H2,1-4H3,(H,30,31)(H,32,33)(H,34,35)(H,36,37)(H,38,39)(H,40,41)(H,44,45)(H,46,47). The van der Waals surface area contributed by atoms with Gasteiger partial charge >= 0.3 is 71.6 Å². The molecule has 8 N–H and O–H groups in total. The number of carboxylic acids is 8. The van der Waals surface area contributed by atoms with E-state index in [1.807, 2.05) is 0 Å². The molecule has 0 amide bonds. The van der Waals surface area contributed by atoms with E-state index in [9.17, 15) is 98.4 Å². The van der Waals surface area contributed by atoms with Crippen LogP contribution in [0.15, 0.2) is 0 Å². The van der Waals surface area contributed by atoms with E-state index in [1.165, 1.54) is 0 Å². The molecular formula is C29H30O22. The molecule has 0 heterocycles. The highest BCUT2D eigenvalue weighted by Crippen LogP contribution is 2.66. The molecule has 0 bridgehead atoms. The fourth-order valence-corrected chi connectivity index (χ4v) is 8.73. The molecule has 8 atom stereocenters. The second kappa shape index (κ2) is 12.4. The first-order chi connectivity index (χ1) is 23.1. The topological polar surface area (TPSA) is 385 Å². The molecule has 0 spiro atoms. The molecule has 0 aromatic rings. The normalized spacial score (nSPS) is 38.0. The molecule has 0 saturated heterocycles. The monoisotopic (exact) mass is 730 g/mol. The zero-order chi connectivity index (χ0) is 39.7. The first-order valence-corrected chi connectivity index (χ1v) is 14.5. The summed E-state index contributed by atoms with van der Waals surface area (Å²) in [6.45, 7) is 2.66. The highest BCUT2D eigenvalue weighted by atomic mass is 16.6. The second-order valence-electron chi connectivity index (χ2n) is 13.4. The Labute approximate surface area is 282 Å². The Morgan fingerprint density at radius 1 is 0.412 bits per heavy atom. The third-order valence-electron chi connectivity index (χ3n) is 10.9. The van der Waals surface area contributed by atoms with Crippen molar-refractivity contribution in [2.24, 2.45) is 69.0 Å². The molecule has 0 aromatic carbocycles. The number of hydrogen-bond donors (Lipinski definition) is 8. The lowest BCUT2D eigenvalue weighted by Gasteiger charge is -2.58. The Morgan fingerprint density at radius 3 is 0.980 bits per heavy atom. The van der Waals surface area contributed by atoms with Gasteiger partial charge in [0.2, 0.25) is 0 Å². The Hall–Kier alpha value is -5.96. The fourth-order valence-electron chi connectivity index (χ4n) is 8.73. The lowest BCUT2D eigenvalue weighted by Crippen LogP contribution is -2.73. The summed E-state index contributed by atoms with van der Waals surface area (Å²) in [4.78, 5) is 150. The second-order valence-corrected chi connectivity index (χ2v) is 13.4.